The van der Waals surface area contributed by atoms with E-state index in [0.717, 1.165) is 18.2 Å². The second-order valence-electron chi connectivity index (χ2n) is 8.25. The fourth-order valence-electron chi connectivity index (χ4n) is 4.10. The van der Waals surface area contributed by atoms with Crippen LogP contribution in [-0.4, -0.2) is 42.2 Å². The fourth-order valence-corrected chi connectivity index (χ4v) is 6.56. The third-order valence-electron chi connectivity index (χ3n) is 5.91. The molecular weight excluding hydrogens is 500 g/mol. The van der Waals surface area contributed by atoms with E-state index in [1.54, 1.807) is 23.1 Å². The van der Waals surface area contributed by atoms with Crippen LogP contribution in [0.5, 0.6) is 0 Å². The third kappa shape index (κ3) is 5.16. The van der Waals surface area contributed by atoms with Crippen LogP contribution in [0.1, 0.15) is 36.8 Å². The second kappa shape index (κ2) is 9.09. The molecule has 1 saturated carbocycles. The number of amides is 1. The van der Waals surface area contributed by atoms with Crippen molar-refractivity contribution in [1.82, 2.24) is 9.21 Å². The molecule has 2 aromatic carbocycles. The third-order valence-corrected chi connectivity index (χ3v) is 8.62. The molecule has 11 heteroatoms. The number of sulfonamides is 1. The minimum atomic E-state index is -4.66. The van der Waals surface area contributed by atoms with Crippen LogP contribution in [0, 0.1) is 0 Å². The summed E-state index contributed by atoms with van der Waals surface area (Å²) in [5, 5.41) is 0.869. The fraction of sp³-hybridized carbons (Fsp3) is 0.409. The highest BCUT2D eigenvalue weighted by Gasteiger charge is 2.45. The van der Waals surface area contributed by atoms with Crippen molar-refractivity contribution >= 4 is 39.1 Å². The van der Waals surface area contributed by atoms with Crippen LogP contribution in [0.3, 0.4) is 0 Å². The van der Waals surface area contributed by atoms with Gasteiger partial charge in [-0.05, 0) is 49.6 Å². The molecule has 2 fully saturated rings. The van der Waals surface area contributed by atoms with Crippen molar-refractivity contribution in [3.8, 4) is 0 Å². The number of alkyl halides is 3. The number of hydrogen-bond acceptors (Lipinski definition) is 3. The number of halogens is 5. The Morgan fingerprint density at radius 3 is 2.21 bits per heavy atom. The van der Waals surface area contributed by atoms with Gasteiger partial charge < -0.3 is 4.90 Å². The average molecular weight is 521 g/mol. The number of benzene rings is 2. The van der Waals surface area contributed by atoms with Crippen molar-refractivity contribution in [3.05, 3.63) is 63.6 Å². The monoisotopic (exact) mass is 520 g/mol. The van der Waals surface area contributed by atoms with Crippen LogP contribution in [0.25, 0.3) is 0 Å². The van der Waals surface area contributed by atoms with Crippen molar-refractivity contribution < 1.29 is 26.4 Å². The van der Waals surface area contributed by atoms with Crippen molar-refractivity contribution in [3.63, 3.8) is 0 Å². The summed E-state index contributed by atoms with van der Waals surface area (Å²) in [7, 11) is -4.21. The Morgan fingerprint density at radius 2 is 1.64 bits per heavy atom. The van der Waals surface area contributed by atoms with E-state index in [-0.39, 0.29) is 31.5 Å². The van der Waals surface area contributed by atoms with Crippen molar-refractivity contribution in [2.75, 3.05) is 6.54 Å². The maximum atomic E-state index is 13.4. The van der Waals surface area contributed by atoms with Crippen LogP contribution in [0.2, 0.25) is 10.0 Å². The van der Waals surface area contributed by atoms with Crippen LogP contribution >= 0.6 is 23.2 Å². The number of carbonyl (C=O) groups excluding carboxylic acids is 1. The Kier molecular flexibility index (Phi) is 6.70. The van der Waals surface area contributed by atoms with E-state index in [9.17, 15) is 26.4 Å². The highest BCUT2D eigenvalue weighted by Crippen LogP contribution is 2.39. The van der Waals surface area contributed by atoms with Crippen molar-refractivity contribution in [2.24, 2.45) is 0 Å². The summed E-state index contributed by atoms with van der Waals surface area (Å²) in [6.45, 7) is 0.486. The molecule has 1 saturated heterocycles. The van der Waals surface area contributed by atoms with E-state index in [1.165, 1.54) is 4.31 Å². The van der Waals surface area contributed by atoms with Gasteiger partial charge in [0.25, 0.3) is 0 Å². The number of nitrogens with zero attached hydrogens (tertiary/aromatic N) is 2. The van der Waals surface area contributed by atoms with Gasteiger partial charge in [0, 0.05) is 47.2 Å². The molecule has 0 aromatic heterocycles. The summed E-state index contributed by atoms with van der Waals surface area (Å²) in [6.07, 6.45) is -3.12. The van der Waals surface area contributed by atoms with Crippen LogP contribution in [-0.2, 0) is 27.5 Å². The van der Waals surface area contributed by atoms with Crippen LogP contribution in [0.15, 0.2) is 47.4 Å². The summed E-state index contributed by atoms with van der Waals surface area (Å²) < 4.78 is 67.4. The number of hydrogen-bond donors (Lipinski definition) is 0. The van der Waals surface area contributed by atoms with Crippen LogP contribution in [0.4, 0.5) is 13.2 Å². The zero-order valence-corrected chi connectivity index (χ0v) is 19.7. The molecule has 5 nitrogen and oxygen atoms in total. The molecule has 0 N–H and O–H groups in total. The molecular formula is C22H21Cl2F3N2O3S. The lowest BCUT2D eigenvalue weighted by molar-refractivity contribution is -0.138. The van der Waals surface area contributed by atoms with Gasteiger partial charge in [0.1, 0.15) is 0 Å². The summed E-state index contributed by atoms with van der Waals surface area (Å²) >= 11 is 12.4. The Labute approximate surface area is 200 Å². The largest absolute Gasteiger partial charge is 0.416 e. The smallest absolute Gasteiger partial charge is 0.338 e. The first-order valence-electron chi connectivity index (χ1n) is 10.4. The maximum absolute atomic E-state index is 13.4. The molecule has 0 bridgehead atoms. The van der Waals surface area contributed by atoms with Crippen LogP contribution < -0.4 is 0 Å². The molecule has 178 valence electrons. The molecule has 0 spiro atoms. The molecule has 33 heavy (non-hydrogen) atoms. The molecule has 1 aliphatic heterocycles. The molecule has 1 unspecified atom stereocenters. The SMILES string of the molecule is O=C1CC(N(C2CC2)S(=O)(=O)c2cccc(C(F)(F)F)c2)CCN1Cc1c(Cl)cccc1Cl. The number of piperidine rings is 1. The Bertz CT molecular complexity index is 1150. The molecule has 1 heterocycles. The lowest BCUT2D eigenvalue weighted by Crippen LogP contribution is -2.50. The van der Waals surface area contributed by atoms with Gasteiger partial charge in [0.15, 0.2) is 0 Å². The molecule has 0 radical (unpaired) electrons. The molecule has 1 amide bonds. The van der Waals surface area contributed by atoms with E-state index in [1.807, 2.05) is 0 Å². The number of carbonyl (C=O) groups is 1. The van der Waals surface area contributed by atoms with E-state index in [4.69, 9.17) is 23.2 Å². The topological polar surface area (TPSA) is 57.7 Å². The van der Waals surface area contributed by atoms with Gasteiger partial charge in [-0.1, -0.05) is 35.3 Å². The van der Waals surface area contributed by atoms with Gasteiger partial charge in [0.05, 0.1) is 10.5 Å². The summed E-state index contributed by atoms with van der Waals surface area (Å²) in [6, 6.07) is 7.86. The van der Waals surface area contributed by atoms with Gasteiger partial charge in [-0.3, -0.25) is 4.79 Å². The second-order valence-corrected chi connectivity index (χ2v) is 10.9. The van der Waals surface area contributed by atoms with Gasteiger partial charge in [0.2, 0.25) is 15.9 Å². The van der Waals surface area contributed by atoms with Gasteiger partial charge in [-0.25, -0.2) is 8.42 Å². The van der Waals surface area contributed by atoms with Crippen molar-refractivity contribution in [1.29, 1.82) is 0 Å². The first-order chi connectivity index (χ1) is 15.5. The zero-order valence-electron chi connectivity index (χ0n) is 17.4. The number of rotatable bonds is 6. The predicted molar refractivity (Wildman–Crippen MR) is 118 cm³/mol. The standard InChI is InChI=1S/C22H21Cl2F3N2O3S/c23-19-5-2-6-20(24)18(19)13-28-10-9-16(12-21(28)30)29(15-7-8-15)33(31,32)17-4-1-3-14(11-17)22(25,26)27/h1-6,11,15-16H,7-10,12-13H2. The molecule has 4 rings (SSSR count). The average Bonchev–Trinajstić information content (AvgIpc) is 3.56. The van der Waals surface area contributed by atoms with E-state index >= 15 is 0 Å². The predicted octanol–water partition coefficient (Wildman–Crippen LogP) is 5.36. The summed E-state index contributed by atoms with van der Waals surface area (Å²) in [4.78, 5) is 14.1. The Hall–Kier alpha value is -1.81. The lowest BCUT2D eigenvalue weighted by Gasteiger charge is -2.38. The van der Waals surface area contributed by atoms with Crippen molar-refractivity contribution in [2.45, 2.75) is 55.4 Å². The van der Waals surface area contributed by atoms with E-state index < -0.39 is 32.7 Å². The highest BCUT2D eigenvalue weighted by molar-refractivity contribution is 7.89. The summed E-state index contributed by atoms with van der Waals surface area (Å²) in [5.41, 5.74) is -0.412. The maximum Gasteiger partial charge on any atom is 0.416 e. The van der Waals surface area contributed by atoms with Gasteiger partial charge in [-0.2, -0.15) is 17.5 Å². The zero-order chi connectivity index (χ0) is 24.0. The highest BCUT2D eigenvalue weighted by atomic mass is 35.5. The first-order valence-corrected chi connectivity index (χ1v) is 12.6. The quantitative estimate of drug-likeness (QED) is 0.515. The van der Waals surface area contributed by atoms with Gasteiger partial charge >= 0.3 is 6.18 Å². The minimum absolute atomic E-state index is 0.0588. The lowest BCUT2D eigenvalue weighted by atomic mass is 10.0. The van der Waals surface area contributed by atoms with E-state index in [2.05, 4.69) is 0 Å². The molecule has 1 aliphatic carbocycles. The molecule has 2 aromatic rings. The first kappa shape index (κ1) is 24.3. The van der Waals surface area contributed by atoms with E-state index in [0.29, 0.717) is 40.9 Å². The minimum Gasteiger partial charge on any atom is -0.338 e. The van der Waals surface area contributed by atoms with Gasteiger partial charge in [-0.15, -0.1) is 0 Å². The Balaban J connectivity index is 1.55. The molecule has 2 aliphatic rings. The normalized spacial score (nSPS) is 19.9. The Morgan fingerprint density at radius 1 is 1.00 bits per heavy atom. The number of likely N-dealkylation sites (tertiary alicyclic amines) is 1. The summed E-state index contributed by atoms with van der Waals surface area (Å²) in [5.74, 6) is -0.257. The molecule has 1 atom stereocenters.